The average molecular weight is 426 g/mol. The van der Waals surface area contributed by atoms with Gasteiger partial charge in [-0.3, -0.25) is 4.79 Å². The highest BCUT2D eigenvalue weighted by Crippen LogP contribution is 2.18. The molecule has 0 bridgehead atoms. The van der Waals surface area contributed by atoms with Gasteiger partial charge in [-0.15, -0.1) is 0 Å². The van der Waals surface area contributed by atoms with Crippen molar-refractivity contribution in [2.45, 2.75) is 25.8 Å². The van der Waals surface area contributed by atoms with Crippen LogP contribution in [0.4, 0.5) is 0 Å². The molecular formula is C13H17BrINO2. The molecule has 0 aliphatic heterocycles. The van der Waals surface area contributed by atoms with E-state index in [2.05, 4.69) is 50.8 Å². The molecule has 1 amide bonds. The third-order valence-corrected chi connectivity index (χ3v) is 3.95. The van der Waals surface area contributed by atoms with E-state index in [0.29, 0.717) is 12.2 Å². The van der Waals surface area contributed by atoms with Gasteiger partial charge in [-0.05, 0) is 47.2 Å². The standard InChI is InChI=1S/C13H17BrINO2/c1-3-4-10(8-18-2)16-13(17)11-7-9(14)5-6-12(11)15/h5-7,10H,3-4,8H2,1-2H3,(H,16,17). The molecule has 1 atom stereocenters. The van der Waals surface area contributed by atoms with Gasteiger partial charge in [0.25, 0.3) is 5.91 Å². The van der Waals surface area contributed by atoms with Crippen LogP contribution < -0.4 is 5.32 Å². The molecule has 3 nitrogen and oxygen atoms in total. The number of rotatable bonds is 6. The number of hydrogen-bond acceptors (Lipinski definition) is 2. The summed E-state index contributed by atoms with van der Waals surface area (Å²) in [7, 11) is 1.65. The van der Waals surface area contributed by atoms with Gasteiger partial charge >= 0.3 is 0 Å². The van der Waals surface area contributed by atoms with E-state index >= 15 is 0 Å². The van der Waals surface area contributed by atoms with Gasteiger partial charge in [0.1, 0.15) is 0 Å². The molecule has 0 saturated carbocycles. The maximum Gasteiger partial charge on any atom is 0.252 e. The van der Waals surface area contributed by atoms with Gasteiger partial charge in [-0.25, -0.2) is 0 Å². The summed E-state index contributed by atoms with van der Waals surface area (Å²) in [5, 5.41) is 3.01. The molecule has 0 spiro atoms. The normalized spacial score (nSPS) is 12.2. The van der Waals surface area contributed by atoms with Crippen molar-refractivity contribution in [2.75, 3.05) is 13.7 Å². The number of benzene rings is 1. The second kappa shape index (κ2) is 8.12. The topological polar surface area (TPSA) is 38.3 Å². The summed E-state index contributed by atoms with van der Waals surface area (Å²) in [6, 6.07) is 5.76. The van der Waals surface area contributed by atoms with Crippen LogP contribution in [0.2, 0.25) is 0 Å². The van der Waals surface area contributed by atoms with E-state index < -0.39 is 0 Å². The molecule has 1 aromatic carbocycles. The maximum atomic E-state index is 12.2. The molecule has 1 aromatic rings. The van der Waals surface area contributed by atoms with Crippen molar-refractivity contribution in [3.8, 4) is 0 Å². The zero-order valence-electron chi connectivity index (χ0n) is 10.5. The van der Waals surface area contributed by atoms with Crippen molar-refractivity contribution >= 4 is 44.4 Å². The molecule has 1 unspecified atom stereocenters. The van der Waals surface area contributed by atoms with E-state index in [4.69, 9.17) is 4.74 Å². The SMILES string of the molecule is CCCC(COC)NC(=O)c1cc(Br)ccc1I. The van der Waals surface area contributed by atoms with Crippen LogP contribution >= 0.6 is 38.5 Å². The highest BCUT2D eigenvalue weighted by Gasteiger charge is 2.15. The molecule has 5 heteroatoms. The Morgan fingerprint density at radius 2 is 2.28 bits per heavy atom. The van der Waals surface area contributed by atoms with Crippen LogP contribution in [0.15, 0.2) is 22.7 Å². The van der Waals surface area contributed by atoms with Crippen molar-refractivity contribution in [1.29, 1.82) is 0 Å². The quantitative estimate of drug-likeness (QED) is 0.707. The van der Waals surface area contributed by atoms with Crippen molar-refractivity contribution in [3.63, 3.8) is 0 Å². The summed E-state index contributed by atoms with van der Waals surface area (Å²) in [5.74, 6) is -0.0452. The Balaban J connectivity index is 2.76. The molecule has 1 N–H and O–H groups in total. The lowest BCUT2D eigenvalue weighted by atomic mass is 10.1. The molecule has 0 aliphatic carbocycles. The first kappa shape index (κ1) is 15.9. The Labute approximate surface area is 130 Å². The Hall–Kier alpha value is -0.140. The number of hydrogen-bond donors (Lipinski definition) is 1. The molecule has 0 aromatic heterocycles. The number of carbonyl (C=O) groups is 1. The summed E-state index contributed by atoms with van der Waals surface area (Å²) in [6.07, 6.45) is 1.94. The number of carbonyl (C=O) groups excluding carboxylic acids is 1. The van der Waals surface area contributed by atoms with E-state index in [1.54, 1.807) is 7.11 Å². The molecule has 1 rings (SSSR count). The van der Waals surface area contributed by atoms with Gasteiger partial charge in [0.05, 0.1) is 18.2 Å². The fourth-order valence-electron chi connectivity index (χ4n) is 1.68. The molecular weight excluding hydrogens is 409 g/mol. The van der Waals surface area contributed by atoms with Crippen LogP contribution in [-0.2, 0) is 4.74 Å². The van der Waals surface area contributed by atoms with Crippen LogP contribution in [0, 0.1) is 3.57 Å². The van der Waals surface area contributed by atoms with Crippen molar-refractivity contribution in [1.82, 2.24) is 5.32 Å². The second-order valence-corrected chi connectivity index (χ2v) is 6.12. The zero-order chi connectivity index (χ0) is 13.5. The predicted octanol–water partition coefficient (Wildman–Crippen LogP) is 3.60. The smallest absolute Gasteiger partial charge is 0.252 e. The molecule has 0 fully saturated rings. The molecule has 18 heavy (non-hydrogen) atoms. The minimum absolute atomic E-state index is 0.0452. The lowest BCUT2D eigenvalue weighted by Gasteiger charge is -2.17. The Kier molecular flexibility index (Phi) is 7.18. The van der Waals surface area contributed by atoms with Gasteiger partial charge in [0.2, 0.25) is 0 Å². The van der Waals surface area contributed by atoms with E-state index in [1.165, 1.54) is 0 Å². The number of methoxy groups -OCH3 is 1. The Morgan fingerprint density at radius 1 is 1.56 bits per heavy atom. The monoisotopic (exact) mass is 425 g/mol. The summed E-state index contributed by atoms with van der Waals surface area (Å²) >= 11 is 5.55. The predicted molar refractivity (Wildman–Crippen MR) is 84.9 cm³/mol. The number of halogens is 2. The largest absolute Gasteiger partial charge is 0.383 e. The van der Waals surface area contributed by atoms with Gasteiger partial charge in [-0.2, -0.15) is 0 Å². The Morgan fingerprint density at radius 3 is 2.89 bits per heavy atom. The first-order valence-electron chi connectivity index (χ1n) is 5.83. The van der Waals surface area contributed by atoms with E-state index in [-0.39, 0.29) is 11.9 Å². The molecule has 0 heterocycles. The highest BCUT2D eigenvalue weighted by atomic mass is 127. The van der Waals surface area contributed by atoms with Crippen LogP contribution in [0.5, 0.6) is 0 Å². The maximum absolute atomic E-state index is 12.2. The summed E-state index contributed by atoms with van der Waals surface area (Å²) in [6.45, 7) is 2.64. The van der Waals surface area contributed by atoms with Crippen LogP contribution in [0.25, 0.3) is 0 Å². The first-order chi connectivity index (χ1) is 8.58. The van der Waals surface area contributed by atoms with Gasteiger partial charge < -0.3 is 10.1 Å². The molecule has 0 saturated heterocycles. The third-order valence-electron chi connectivity index (χ3n) is 2.51. The lowest BCUT2D eigenvalue weighted by Crippen LogP contribution is -2.38. The Bertz CT molecular complexity index is 406. The fraction of sp³-hybridized carbons (Fsp3) is 0.462. The van der Waals surface area contributed by atoms with Gasteiger partial charge in [0.15, 0.2) is 0 Å². The van der Waals surface area contributed by atoms with Crippen molar-refractivity contribution < 1.29 is 9.53 Å². The molecule has 100 valence electrons. The van der Waals surface area contributed by atoms with Crippen molar-refractivity contribution in [3.05, 3.63) is 31.8 Å². The average Bonchev–Trinajstić information content (AvgIpc) is 2.33. The minimum Gasteiger partial charge on any atom is -0.383 e. The summed E-state index contributed by atoms with van der Waals surface area (Å²) in [4.78, 5) is 12.2. The van der Waals surface area contributed by atoms with Crippen LogP contribution in [0.1, 0.15) is 30.1 Å². The number of ether oxygens (including phenoxy) is 1. The van der Waals surface area contributed by atoms with E-state index in [0.717, 1.165) is 20.9 Å². The second-order valence-electron chi connectivity index (χ2n) is 4.04. The van der Waals surface area contributed by atoms with Crippen LogP contribution in [-0.4, -0.2) is 25.7 Å². The van der Waals surface area contributed by atoms with E-state index in [1.807, 2.05) is 18.2 Å². The molecule has 0 radical (unpaired) electrons. The zero-order valence-corrected chi connectivity index (χ0v) is 14.2. The fourth-order valence-corrected chi connectivity index (χ4v) is 2.62. The number of amides is 1. The summed E-state index contributed by atoms with van der Waals surface area (Å²) in [5.41, 5.74) is 0.696. The van der Waals surface area contributed by atoms with Crippen molar-refractivity contribution in [2.24, 2.45) is 0 Å². The lowest BCUT2D eigenvalue weighted by molar-refractivity contribution is 0.0890. The van der Waals surface area contributed by atoms with Gasteiger partial charge in [-0.1, -0.05) is 29.3 Å². The van der Waals surface area contributed by atoms with Crippen LogP contribution in [0.3, 0.4) is 0 Å². The first-order valence-corrected chi connectivity index (χ1v) is 7.70. The minimum atomic E-state index is -0.0452. The van der Waals surface area contributed by atoms with E-state index in [9.17, 15) is 4.79 Å². The summed E-state index contributed by atoms with van der Waals surface area (Å²) < 4.78 is 6.98. The highest BCUT2D eigenvalue weighted by molar-refractivity contribution is 14.1. The third kappa shape index (κ3) is 4.85. The van der Waals surface area contributed by atoms with Gasteiger partial charge in [0, 0.05) is 15.2 Å². The molecule has 0 aliphatic rings. The number of nitrogens with one attached hydrogen (secondary N) is 1.